The van der Waals surface area contributed by atoms with Crippen LogP contribution < -0.4 is 0 Å². The van der Waals surface area contributed by atoms with E-state index in [-0.39, 0.29) is 0 Å². The maximum atomic E-state index is 2.37. The average Bonchev–Trinajstić information content (AvgIpc) is 3.13. The van der Waals surface area contributed by atoms with Gasteiger partial charge in [0.05, 0.1) is 11.0 Å². The number of aromatic nitrogens is 1. The van der Waals surface area contributed by atoms with Crippen molar-refractivity contribution < 1.29 is 0 Å². The van der Waals surface area contributed by atoms with Gasteiger partial charge in [-0.1, -0.05) is 110 Å². The van der Waals surface area contributed by atoms with E-state index in [4.69, 9.17) is 0 Å². The highest BCUT2D eigenvalue weighted by molar-refractivity contribution is 6.09. The van der Waals surface area contributed by atoms with Crippen LogP contribution in [0.25, 0.3) is 38.6 Å². The summed E-state index contributed by atoms with van der Waals surface area (Å²) in [7, 11) is 0. The van der Waals surface area contributed by atoms with Crippen molar-refractivity contribution in [2.45, 2.75) is 27.2 Å². The zero-order valence-corrected chi connectivity index (χ0v) is 20.7. The molecule has 0 N–H and O–H groups in total. The summed E-state index contributed by atoms with van der Waals surface area (Å²) in [5, 5.41) is 2.58. The van der Waals surface area contributed by atoms with Gasteiger partial charge >= 0.3 is 0 Å². The van der Waals surface area contributed by atoms with Crippen LogP contribution in [0, 0.1) is 0 Å². The van der Waals surface area contributed by atoms with Gasteiger partial charge in [-0.05, 0) is 66.0 Å². The topological polar surface area (TPSA) is 4.93 Å². The summed E-state index contributed by atoms with van der Waals surface area (Å²) in [4.78, 5) is 0. The van der Waals surface area contributed by atoms with Crippen LogP contribution in [0.2, 0.25) is 0 Å². The highest BCUT2D eigenvalue weighted by Gasteiger charge is 2.12. The molecule has 0 atom stereocenters. The van der Waals surface area contributed by atoms with Crippen molar-refractivity contribution in [2.24, 2.45) is 0 Å². The zero-order chi connectivity index (χ0) is 24.2. The fourth-order valence-corrected chi connectivity index (χ4v) is 4.87. The summed E-state index contributed by atoms with van der Waals surface area (Å²) in [5.41, 5.74) is 10.1. The summed E-state index contributed by atoms with van der Waals surface area (Å²) in [5.74, 6) is 0. The Kier molecular flexibility index (Phi) is 6.50. The van der Waals surface area contributed by atoms with E-state index in [1.165, 1.54) is 55.3 Å². The fraction of sp³-hybridized carbons (Fsp3) is 0.118. The smallest absolute Gasteiger partial charge is 0.0541 e. The molecule has 1 aliphatic rings. The molecule has 0 fully saturated rings. The van der Waals surface area contributed by atoms with Gasteiger partial charge in [0.2, 0.25) is 0 Å². The van der Waals surface area contributed by atoms with Crippen molar-refractivity contribution in [1.29, 1.82) is 0 Å². The number of hydrogen-bond acceptors (Lipinski definition) is 0. The molecule has 1 heterocycles. The Hall–Kier alpha value is -4.10. The highest BCUT2D eigenvalue weighted by Crippen LogP contribution is 2.33. The minimum absolute atomic E-state index is 0.976. The monoisotopic (exact) mass is 453 g/mol. The van der Waals surface area contributed by atoms with E-state index in [9.17, 15) is 0 Å². The Morgan fingerprint density at radius 2 is 1.09 bits per heavy atom. The van der Waals surface area contributed by atoms with E-state index in [0.717, 1.165) is 6.42 Å². The first-order chi connectivity index (χ1) is 17.3. The molecule has 0 saturated heterocycles. The van der Waals surface area contributed by atoms with Gasteiger partial charge in [-0.2, -0.15) is 0 Å². The number of para-hydroxylation sites is 2. The summed E-state index contributed by atoms with van der Waals surface area (Å²) in [6, 6.07) is 37.0. The molecular formula is C34H31N. The average molecular weight is 454 g/mol. The molecule has 1 aliphatic carbocycles. The van der Waals surface area contributed by atoms with Crippen LogP contribution in [0.15, 0.2) is 127 Å². The van der Waals surface area contributed by atoms with Crippen LogP contribution in [0.4, 0.5) is 0 Å². The third kappa shape index (κ3) is 4.38. The van der Waals surface area contributed by atoms with Crippen molar-refractivity contribution in [3.05, 3.63) is 138 Å². The Balaban J connectivity index is 0.00000124. The molecule has 0 radical (unpaired) electrons. The van der Waals surface area contributed by atoms with Crippen molar-refractivity contribution in [3.8, 4) is 5.69 Å². The molecule has 0 spiro atoms. The lowest BCUT2D eigenvalue weighted by molar-refractivity contribution is 1.18. The van der Waals surface area contributed by atoms with Gasteiger partial charge in [-0.25, -0.2) is 0 Å². The number of benzene rings is 4. The van der Waals surface area contributed by atoms with Crippen LogP contribution in [-0.2, 0) is 0 Å². The lowest BCUT2D eigenvalue weighted by Crippen LogP contribution is -1.94. The first kappa shape index (κ1) is 22.7. The minimum atomic E-state index is 0.976. The third-order valence-corrected chi connectivity index (χ3v) is 6.50. The van der Waals surface area contributed by atoms with Crippen LogP contribution in [-0.4, -0.2) is 4.57 Å². The summed E-state index contributed by atoms with van der Waals surface area (Å²) < 4.78 is 2.37. The van der Waals surface area contributed by atoms with Gasteiger partial charge < -0.3 is 4.57 Å². The first-order valence-electron chi connectivity index (χ1n) is 12.5. The molecule has 35 heavy (non-hydrogen) atoms. The van der Waals surface area contributed by atoms with E-state index in [1.54, 1.807) is 0 Å². The van der Waals surface area contributed by atoms with Crippen molar-refractivity contribution in [1.82, 2.24) is 4.57 Å². The van der Waals surface area contributed by atoms with E-state index in [1.807, 2.05) is 13.8 Å². The number of nitrogens with zero attached hydrogens (tertiary/aromatic N) is 1. The SMILES string of the molecule is CC.CC1=CC(c2ccc(-n3c4ccccc4c4ccccc43)cc2)=CC(c2ccccc2)=CC1. The van der Waals surface area contributed by atoms with Crippen LogP contribution >= 0.6 is 0 Å². The Morgan fingerprint density at radius 1 is 0.543 bits per heavy atom. The molecular weight excluding hydrogens is 422 g/mol. The van der Waals surface area contributed by atoms with E-state index < -0.39 is 0 Å². The summed E-state index contributed by atoms with van der Waals surface area (Å²) in [6.07, 6.45) is 7.95. The Labute approximate surface area is 208 Å². The second-order valence-corrected chi connectivity index (χ2v) is 8.74. The molecule has 1 heteroatoms. The predicted octanol–water partition coefficient (Wildman–Crippen LogP) is 9.63. The first-order valence-corrected chi connectivity index (χ1v) is 12.5. The molecule has 1 nitrogen and oxygen atoms in total. The van der Waals surface area contributed by atoms with Gasteiger partial charge in [0.1, 0.15) is 0 Å². The summed E-state index contributed by atoms with van der Waals surface area (Å²) >= 11 is 0. The van der Waals surface area contributed by atoms with Gasteiger partial charge in [0, 0.05) is 16.5 Å². The fourth-order valence-electron chi connectivity index (χ4n) is 4.87. The number of fused-ring (bicyclic) bond motifs is 3. The standard InChI is InChI=1S/C32H25N.C2H6/c1-23-15-16-26(24-9-3-2-4-10-24)22-27(21-23)25-17-19-28(20-18-25)33-31-13-7-5-11-29(31)30-12-6-8-14-32(30)33;1-2/h2-14,16-22H,15H2,1H3;1-2H3. The van der Waals surface area contributed by atoms with Gasteiger partial charge in [-0.3, -0.25) is 0 Å². The zero-order valence-electron chi connectivity index (χ0n) is 20.7. The molecule has 4 aromatic carbocycles. The Bertz CT molecular complexity index is 1500. The third-order valence-electron chi connectivity index (χ3n) is 6.50. The second-order valence-electron chi connectivity index (χ2n) is 8.74. The molecule has 0 bridgehead atoms. The van der Waals surface area contributed by atoms with Crippen LogP contribution in [0.1, 0.15) is 38.3 Å². The number of hydrogen-bond donors (Lipinski definition) is 0. The molecule has 172 valence electrons. The summed E-state index contributed by atoms with van der Waals surface area (Å²) in [6.45, 7) is 6.21. The lowest BCUT2D eigenvalue weighted by Gasteiger charge is -2.10. The van der Waals surface area contributed by atoms with Crippen molar-refractivity contribution >= 4 is 33.0 Å². The number of allylic oxidation sites excluding steroid dienone is 6. The van der Waals surface area contributed by atoms with Gasteiger partial charge in [0.25, 0.3) is 0 Å². The highest BCUT2D eigenvalue weighted by atomic mass is 15.0. The molecule has 0 saturated carbocycles. The predicted molar refractivity (Wildman–Crippen MR) is 153 cm³/mol. The largest absolute Gasteiger partial charge is 0.309 e. The second kappa shape index (κ2) is 10.0. The Morgan fingerprint density at radius 3 is 1.71 bits per heavy atom. The van der Waals surface area contributed by atoms with Crippen LogP contribution in [0.3, 0.4) is 0 Å². The van der Waals surface area contributed by atoms with Crippen molar-refractivity contribution in [2.75, 3.05) is 0 Å². The van der Waals surface area contributed by atoms with E-state index >= 15 is 0 Å². The van der Waals surface area contributed by atoms with E-state index in [0.29, 0.717) is 0 Å². The van der Waals surface area contributed by atoms with Gasteiger partial charge in [-0.15, -0.1) is 0 Å². The molecule has 1 aromatic heterocycles. The van der Waals surface area contributed by atoms with Crippen molar-refractivity contribution in [3.63, 3.8) is 0 Å². The number of rotatable bonds is 3. The van der Waals surface area contributed by atoms with Gasteiger partial charge in [0.15, 0.2) is 0 Å². The molecule has 5 aromatic rings. The van der Waals surface area contributed by atoms with Crippen LogP contribution in [0.5, 0.6) is 0 Å². The normalized spacial score (nSPS) is 13.4. The molecule has 6 rings (SSSR count). The van der Waals surface area contributed by atoms with E-state index in [2.05, 4.69) is 133 Å². The molecule has 0 aliphatic heterocycles. The minimum Gasteiger partial charge on any atom is -0.309 e. The molecule has 0 amide bonds. The maximum Gasteiger partial charge on any atom is 0.0541 e. The quantitative estimate of drug-likeness (QED) is 0.256. The lowest BCUT2D eigenvalue weighted by atomic mass is 9.99. The molecule has 0 unspecified atom stereocenters. The maximum absolute atomic E-state index is 2.37.